The third-order valence-corrected chi connectivity index (χ3v) is 6.25. The van der Waals surface area contributed by atoms with Crippen molar-refractivity contribution < 1.29 is 13.2 Å². The van der Waals surface area contributed by atoms with Crippen LogP contribution in [0.1, 0.15) is 24.0 Å². The van der Waals surface area contributed by atoms with Crippen LogP contribution in [-0.2, 0) is 23.0 Å². The van der Waals surface area contributed by atoms with Crippen molar-refractivity contribution >= 4 is 10.0 Å². The number of ether oxygens (including phenoxy) is 1. The molecule has 0 saturated heterocycles. The molecule has 0 saturated carbocycles. The maximum Gasteiger partial charge on any atom is 0.240 e. The lowest BCUT2D eigenvalue weighted by Crippen LogP contribution is -2.32. The van der Waals surface area contributed by atoms with E-state index in [1.807, 2.05) is 0 Å². The molecule has 0 bridgehead atoms. The van der Waals surface area contributed by atoms with Gasteiger partial charge in [-0.05, 0) is 61.2 Å². The largest absolute Gasteiger partial charge is 0.497 e. The van der Waals surface area contributed by atoms with E-state index in [-0.39, 0.29) is 4.90 Å². The molecule has 26 heavy (non-hydrogen) atoms. The highest BCUT2D eigenvalue weighted by Crippen LogP contribution is 2.19. The molecule has 0 aromatic heterocycles. The molecule has 6 heteroatoms. The number of fused-ring (bicyclic) bond motifs is 1. The smallest absolute Gasteiger partial charge is 0.240 e. The van der Waals surface area contributed by atoms with E-state index in [0.29, 0.717) is 12.3 Å². The lowest BCUT2D eigenvalue weighted by Gasteiger charge is -2.28. The number of rotatable bonds is 8. The maximum atomic E-state index is 12.3. The number of unbranched alkanes of at least 4 members (excludes halogenated alkanes) is 1. The minimum atomic E-state index is -3.45. The van der Waals surface area contributed by atoms with Crippen molar-refractivity contribution in [3.05, 3.63) is 59.7 Å². The average molecular weight is 375 g/mol. The van der Waals surface area contributed by atoms with Crippen LogP contribution >= 0.6 is 0 Å². The first-order valence-electron chi connectivity index (χ1n) is 9.01. The Kier molecular flexibility index (Phi) is 6.29. The van der Waals surface area contributed by atoms with Crippen molar-refractivity contribution in [2.75, 3.05) is 26.7 Å². The first kappa shape index (κ1) is 18.9. The summed E-state index contributed by atoms with van der Waals surface area (Å²) >= 11 is 0. The van der Waals surface area contributed by atoms with Gasteiger partial charge >= 0.3 is 0 Å². The van der Waals surface area contributed by atoms with E-state index in [1.165, 1.54) is 11.1 Å². The van der Waals surface area contributed by atoms with E-state index >= 15 is 0 Å². The van der Waals surface area contributed by atoms with Crippen molar-refractivity contribution in [1.29, 1.82) is 0 Å². The van der Waals surface area contributed by atoms with Crippen molar-refractivity contribution in [3.8, 4) is 5.75 Å². The number of nitrogens with zero attached hydrogens (tertiary/aromatic N) is 1. The Morgan fingerprint density at radius 2 is 1.77 bits per heavy atom. The number of hydrogen-bond donors (Lipinski definition) is 1. The molecule has 1 heterocycles. The molecule has 0 unspecified atom stereocenters. The molecule has 0 radical (unpaired) electrons. The van der Waals surface area contributed by atoms with Crippen LogP contribution in [0.2, 0.25) is 0 Å². The van der Waals surface area contributed by atoms with E-state index in [0.717, 1.165) is 38.9 Å². The van der Waals surface area contributed by atoms with Crippen LogP contribution < -0.4 is 9.46 Å². The number of hydrogen-bond acceptors (Lipinski definition) is 4. The van der Waals surface area contributed by atoms with Gasteiger partial charge in [-0.25, -0.2) is 13.1 Å². The predicted octanol–water partition coefficient (Wildman–Crippen LogP) is 2.81. The molecule has 5 nitrogen and oxygen atoms in total. The molecule has 3 rings (SSSR count). The van der Waals surface area contributed by atoms with E-state index in [4.69, 9.17) is 4.74 Å². The Balaban J connectivity index is 1.40. The summed E-state index contributed by atoms with van der Waals surface area (Å²) in [7, 11) is -1.89. The van der Waals surface area contributed by atoms with Gasteiger partial charge in [0, 0.05) is 19.6 Å². The molecule has 1 N–H and O–H groups in total. The zero-order chi connectivity index (χ0) is 18.4. The summed E-state index contributed by atoms with van der Waals surface area (Å²) in [5.74, 6) is 0.645. The van der Waals surface area contributed by atoms with Gasteiger partial charge in [0.1, 0.15) is 5.75 Å². The molecule has 0 aliphatic carbocycles. The van der Waals surface area contributed by atoms with Gasteiger partial charge in [0.15, 0.2) is 0 Å². The van der Waals surface area contributed by atoms with E-state index in [2.05, 4.69) is 33.9 Å². The molecule has 1 aliphatic heterocycles. The number of nitrogens with one attached hydrogen (secondary N) is 1. The van der Waals surface area contributed by atoms with Gasteiger partial charge in [0.05, 0.1) is 12.0 Å². The highest BCUT2D eigenvalue weighted by molar-refractivity contribution is 7.89. The molecule has 1 aliphatic rings. The van der Waals surface area contributed by atoms with Crippen LogP contribution in [0.25, 0.3) is 0 Å². The third kappa shape index (κ3) is 4.84. The van der Waals surface area contributed by atoms with Crippen LogP contribution in [-0.4, -0.2) is 40.1 Å². The normalized spacial score (nSPS) is 14.8. The molecule has 0 amide bonds. The Bertz CT molecular complexity index is 819. The lowest BCUT2D eigenvalue weighted by atomic mass is 10.00. The fraction of sp³-hybridized carbons (Fsp3) is 0.400. The van der Waals surface area contributed by atoms with E-state index in [1.54, 1.807) is 31.4 Å². The molecule has 2 aromatic rings. The van der Waals surface area contributed by atoms with Crippen molar-refractivity contribution in [3.63, 3.8) is 0 Å². The average Bonchev–Trinajstić information content (AvgIpc) is 2.67. The Morgan fingerprint density at radius 1 is 1.04 bits per heavy atom. The fourth-order valence-corrected chi connectivity index (χ4v) is 4.32. The number of methoxy groups -OCH3 is 1. The molecule has 140 valence electrons. The maximum absolute atomic E-state index is 12.3. The van der Waals surface area contributed by atoms with Crippen molar-refractivity contribution in [1.82, 2.24) is 9.62 Å². The summed E-state index contributed by atoms with van der Waals surface area (Å²) < 4.78 is 32.3. The number of benzene rings is 2. The second-order valence-corrected chi connectivity index (χ2v) is 8.34. The first-order chi connectivity index (χ1) is 12.6. The zero-order valence-corrected chi connectivity index (χ0v) is 16.0. The molecule has 0 fully saturated rings. The summed E-state index contributed by atoms with van der Waals surface area (Å²) in [6, 6.07) is 15.0. The van der Waals surface area contributed by atoms with Gasteiger partial charge in [0.25, 0.3) is 0 Å². The Morgan fingerprint density at radius 3 is 2.50 bits per heavy atom. The van der Waals surface area contributed by atoms with Crippen molar-refractivity contribution in [2.24, 2.45) is 0 Å². The van der Waals surface area contributed by atoms with E-state index in [9.17, 15) is 8.42 Å². The van der Waals surface area contributed by atoms with Gasteiger partial charge < -0.3 is 4.74 Å². The quantitative estimate of drug-likeness (QED) is 0.722. The van der Waals surface area contributed by atoms with Crippen LogP contribution in [0.3, 0.4) is 0 Å². The number of sulfonamides is 1. The van der Waals surface area contributed by atoms with Gasteiger partial charge in [-0.3, -0.25) is 4.90 Å². The monoisotopic (exact) mass is 374 g/mol. The van der Waals surface area contributed by atoms with Gasteiger partial charge in [-0.15, -0.1) is 0 Å². The SMILES string of the molecule is COc1ccc(S(=O)(=O)NCCCCN2CCc3ccccc3C2)cc1. The summed E-state index contributed by atoms with van der Waals surface area (Å²) in [5.41, 5.74) is 2.87. The van der Waals surface area contributed by atoms with E-state index < -0.39 is 10.0 Å². The standard InChI is InChI=1S/C20H26N2O3S/c1-25-19-8-10-20(11-9-19)26(23,24)21-13-4-5-14-22-15-12-17-6-2-3-7-18(17)16-22/h2-3,6-11,21H,4-5,12-16H2,1H3. The highest BCUT2D eigenvalue weighted by atomic mass is 32.2. The van der Waals surface area contributed by atoms with Crippen LogP contribution in [0.15, 0.2) is 53.4 Å². The minimum absolute atomic E-state index is 0.269. The predicted molar refractivity (Wildman–Crippen MR) is 103 cm³/mol. The van der Waals surface area contributed by atoms with Crippen molar-refractivity contribution in [2.45, 2.75) is 30.7 Å². The molecular weight excluding hydrogens is 348 g/mol. The second kappa shape index (κ2) is 8.66. The van der Waals surface area contributed by atoms with Crippen LogP contribution in [0.5, 0.6) is 5.75 Å². The Labute approximate surface area is 156 Å². The first-order valence-corrected chi connectivity index (χ1v) is 10.5. The Hall–Kier alpha value is -1.89. The molecule has 0 atom stereocenters. The van der Waals surface area contributed by atoms with Gasteiger partial charge in [0.2, 0.25) is 10.0 Å². The summed E-state index contributed by atoms with van der Waals surface area (Å²) in [5, 5.41) is 0. The molecule has 2 aromatic carbocycles. The van der Waals surface area contributed by atoms with Gasteiger partial charge in [-0.2, -0.15) is 0 Å². The minimum Gasteiger partial charge on any atom is -0.497 e. The summed E-state index contributed by atoms with van der Waals surface area (Å²) in [4.78, 5) is 2.71. The summed E-state index contributed by atoms with van der Waals surface area (Å²) in [6.07, 6.45) is 2.90. The highest BCUT2D eigenvalue weighted by Gasteiger charge is 2.16. The second-order valence-electron chi connectivity index (χ2n) is 6.58. The van der Waals surface area contributed by atoms with Crippen LogP contribution in [0.4, 0.5) is 0 Å². The summed E-state index contributed by atoms with van der Waals surface area (Å²) in [6.45, 7) is 3.53. The topological polar surface area (TPSA) is 58.6 Å². The van der Waals surface area contributed by atoms with Crippen LogP contribution in [0, 0.1) is 0 Å². The zero-order valence-electron chi connectivity index (χ0n) is 15.1. The molecular formula is C20H26N2O3S. The van der Waals surface area contributed by atoms with Gasteiger partial charge in [-0.1, -0.05) is 24.3 Å². The molecule has 0 spiro atoms. The lowest BCUT2D eigenvalue weighted by molar-refractivity contribution is 0.249. The fourth-order valence-electron chi connectivity index (χ4n) is 3.25. The third-order valence-electron chi connectivity index (χ3n) is 4.77.